The van der Waals surface area contributed by atoms with Gasteiger partial charge in [-0.2, -0.15) is 4.68 Å². The van der Waals surface area contributed by atoms with E-state index in [1.807, 2.05) is 36.4 Å². The number of rotatable bonds is 6. The Hall–Kier alpha value is -2.23. The van der Waals surface area contributed by atoms with Crippen LogP contribution in [-0.2, 0) is 15.8 Å². The summed E-state index contributed by atoms with van der Waals surface area (Å²) in [5.74, 6) is 0.560. The average Bonchev–Trinajstić information content (AvgIpc) is 3.09. The quantitative estimate of drug-likeness (QED) is 0.615. The molecule has 0 amide bonds. The number of para-hydroxylation sites is 1. The summed E-state index contributed by atoms with van der Waals surface area (Å²) >= 11 is 1.45. The highest BCUT2D eigenvalue weighted by molar-refractivity contribution is 7.98. The molecule has 0 N–H and O–H groups in total. The highest BCUT2D eigenvalue weighted by atomic mass is 32.2. The van der Waals surface area contributed by atoms with E-state index >= 15 is 0 Å². The molecular formula is C16H17N5O2S2. The molecule has 3 rings (SSSR count). The zero-order valence-electron chi connectivity index (χ0n) is 13.8. The topological polar surface area (TPSA) is 81.0 Å². The van der Waals surface area contributed by atoms with E-state index < -0.39 is 10.0 Å². The van der Waals surface area contributed by atoms with Crippen LogP contribution in [0.5, 0.6) is 0 Å². The molecule has 0 aliphatic heterocycles. The van der Waals surface area contributed by atoms with Crippen molar-refractivity contribution in [1.82, 2.24) is 24.5 Å². The van der Waals surface area contributed by atoms with Gasteiger partial charge in [0.2, 0.25) is 15.2 Å². The van der Waals surface area contributed by atoms with Crippen LogP contribution >= 0.6 is 11.8 Å². The first-order valence-electron chi connectivity index (χ1n) is 7.46. The first-order valence-corrected chi connectivity index (χ1v) is 9.89. The molecule has 25 heavy (non-hydrogen) atoms. The minimum Gasteiger partial charge on any atom is -0.207 e. The summed E-state index contributed by atoms with van der Waals surface area (Å²) in [6.45, 7) is 0. The Morgan fingerprint density at radius 1 is 1.08 bits per heavy atom. The van der Waals surface area contributed by atoms with Crippen LogP contribution in [0.1, 0.15) is 5.56 Å². The zero-order chi connectivity index (χ0) is 17.9. The van der Waals surface area contributed by atoms with Crippen LogP contribution in [0.4, 0.5) is 0 Å². The van der Waals surface area contributed by atoms with Gasteiger partial charge < -0.3 is 0 Å². The molecule has 0 atom stereocenters. The zero-order valence-corrected chi connectivity index (χ0v) is 15.4. The summed E-state index contributed by atoms with van der Waals surface area (Å²) < 4.78 is 27.3. The third-order valence-corrected chi connectivity index (χ3v) is 6.29. The Kier molecular flexibility index (Phi) is 5.16. The molecule has 0 aliphatic carbocycles. The second-order valence-corrected chi connectivity index (χ2v) is 8.53. The third kappa shape index (κ3) is 3.89. The number of tetrazole rings is 1. The van der Waals surface area contributed by atoms with Crippen molar-refractivity contribution in [3.8, 4) is 5.69 Å². The molecule has 0 spiro atoms. The van der Waals surface area contributed by atoms with E-state index in [4.69, 9.17) is 0 Å². The summed E-state index contributed by atoms with van der Waals surface area (Å²) in [6, 6.07) is 16.5. The van der Waals surface area contributed by atoms with E-state index in [1.54, 1.807) is 22.9 Å². The maximum absolute atomic E-state index is 12.2. The van der Waals surface area contributed by atoms with Crippen LogP contribution in [0.3, 0.4) is 0 Å². The van der Waals surface area contributed by atoms with E-state index in [1.165, 1.54) is 30.2 Å². The van der Waals surface area contributed by atoms with E-state index in [0.29, 0.717) is 10.9 Å². The van der Waals surface area contributed by atoms with Crippen LogP contribution in [0.25, 0.3) is 5.69 Å². The van der Waals surface area contributed by atoms with Crippen molar-refractivity contribution in [2.24, 2.45) is 0 Å². The minimum absolute atomic E-state index is 0.276. The van der Waals surface area contributed by atoms with Crippen LogP contribution in [0.2, 0.25) is 0 Å². The molecule has 0 bridgehead atoms. The molecule has 0 unspecified atom stereocenters. The maximum atomic E-state index is 12.2. The fourth-order valence-electron chi connectivity index (χ4n) is 2.15. The van der Waals surface area contributed by atoms with Gasteiger partial charge in [0.05, 0.1) is 10.6 Å². The van der Waals surface area contributed by atoms with Crippen molar-refractivity contribution in [1.29, 1.82) is 0 Å². The van der Waals surface area contributed by atoms with Crippen LogP contribution in [-0.4, -0.2) is 47.0 Å². The summed E-state index contributed by atoms with van der Waals surface area (Å²) in [5.41, 5.74) is 1.76. The number of nitrogens with zero attached hydrogens (tertiary/aromatic N) is 5. The fourth-order valence-corrected chi connectivity index (χ4v) is 3.96. The monoisotopic (exact) mass is 375 g/mol. The number of sulfonamides is 1. The third-order valence-electron chi connectivity index (χ3n) is 3.49. The molecule has 130 valence electrons. The number of hydrogen-bond donors (Lipinski definition) is 0. The summed E-state index contributed by atoms with van der Waals surface area (Å²) in [4.78, 5) is 0.276. The van der Waals surface area contributed by atoms with Crippen molar-refractivity contribution in [3.63, 3.8) is 0 Å². The molecule has 0 saturated heterocycles. The average molecular weight is 375 g/mol. The smallest absolute Gasteiger partial charge is 0.207 e. The molecule has 9 heteroatoms. The van der Waals surface area contributed by atoms with E-state index in [0.717, 1.165) is 11.3 Å². The highest BCUT2D eigenvalue weighted by Gasteiger charge is 2.17. The number of thioether (sulfide) groups is 1. The van der Waals surface area contributed by atoms with Crippen molar-refractivity contribution < 1.29 is 8.42 Å². The standard InChI is InChI=1S/C16H17N5O2S2/c1-20(2)25(22,23)15-10-6-7-13(11-15)12-24-16-17-18-19-21(16)14-8-4-3-5-9-14/h3-11H,12H2,1-2H3. The predicted octanol–water partition coefficient (Wildman–Crippen LogP) is 2.20. The van der Waals surface area contributed by atoms with Crippen LogP contribution in [0.15, 0.2) is 64.6 Å². The van der Waals surface area contributed by atoms with E-state index in [9.17, 15) is 8.42 Å². The number of benzene rings is 2. The minimum atomic E-state index is -3.44. The summed E-state index contributed by atoms with van der Waals surface area (Å²) in [7, 11) is -0.407. The Bertz CT molecular complexity index is 955. The Balaban J connectivity index is 1.79. The van der Waals surface area contributed by atoms with Crippen LogP contribution < -0.4 is 0 Å². The van der Waals surface area contributed by atoms with Gasteiger partial charge in [0.25, 0.3) is 0 Å². The highest BCUT2D eigenvalue weighted by Crippen LogP contribution is 2.24. The second kappa shape index (κ2) is 7.34. The molecule has 2 aromatic carbocycles. The van der Waals surface area contributed by atoms with Gasteiger partial charge in [0.1, 0.15) is 0 Å². The van der Waals surface area contributed by atoms with Gasteiger partial charge in [-0.15, -0.1) is 5.10 Å². The molecule has 7 nitrogen and oxygen atoms in total. The molecule has 0 saturated carbocycles. The number of aromatic nitrogens is 4. The molecular weight excluding hydrogens is 358 g/mol. The lowest BCUT2D eigenvalue weighted by atomic mass is 10.2. The molecule has 3 aromatic rings. The van der Waals surface area contributed by atoms with Crippen molar-refractivity contribution in [2.45, 2.75) is 15.8 Å². The van der Waals surface area contributed by atoms with Crippen LogP contribution in [0, 0.1) is 0 Å². The summed E-state index contributed by atoms with van der Waals surface area (Å²) in [6.07, 6.45) is 0. The van der Waals surface area contributed by atoms with E-state index in [2.05, 4.69) is 15.5 Å². The van der Waals surface area contributed by atoms with Gasteiger partial charge in [-0.3, -0.25) is 0 Å². The van der Waals surface area contributed by atoms with Crippen molar-refractivity contribution >= 4 is 21.8 Å². The lowest BCUT2D eigenvalue weighted by molar-refractivity contribution is 0.520. The molecule has 0 aliphatic rings. The normalized spacial score (nSPS) is 11.8. The SMILES string of the molecule is CN(C)S(=O)(=O)c1cccc(CSc2nnnn2-c2ccccc2)c1. The fraction of sp³-hybridized carbons (Fsp3) is 0.188. The molecule has 1 aromatic heterocycles. The molecule has 0 fully saturated rings. The lowest BCUT2D eigenvalue weighted by Gasteiger charge is -2.12. The predicted molar refractivity (Wildman–Crippen MR) is 96.0 cm³/mol. The second-order valence-electron chi connectivity index (χ2n) is 5.43. The Morgan fingerprint density at radius 2 is 1.84 bits per heavy atom. The van der Waals surface area contributed by atoms with E-state index in [-0.39, 0.29) is 4.90 Å². The Labute approximate surface area is 150 Å². The summed E-state index contributed by atoms with van der Waals surface area (Å²) in [5, 5.41) is 12.4. The molecule has 0 radical (unpaired) electrons. The van der Waals surface area contributed by atoms with Gasteiger partial charge in [-0.25, -0.2) is 12.7 Å². The number of hydrogen-bond acceptors (Lipinski definition) is 6. The van der Waals surface area contributed by atoms with Gasteiger partial charge in [0, 0.05) is 19.8 Å². The Morgan fingerprint density at radius 3 is 2.56 bits per heavy atom. The maximum Gasteiger partial charge on any atom is 0.242 e. The van der Waals surface area contributed by atoms with Gasteiger partial charge in [0.15, 0.2) is 0 Å². The first-order chi connectivity index (χ1) is 12.0. The lowest BCUT2D eigenvalue weighted by Crippen LogP contribution is -2.22. The van der Waals surface area contributed by atoms with Gasteiger partial charge in [-0.05, 0) is 40.3 Å². The largest absolute Gasteiger partial charge is 0.242 e. The van der Waals surface area contributed by atoms with Crippen molar-refractivity contribution in [2.75, 3.05) is 14.1 Å². The van der Waals surface area contributed by atoms with Gasteiger partial charge in [-0.1, -0.05) is 42.1 Å². The van der Waals surface area contributed by atoms with Crippen molar-refractivity contribution in [3.05, 3.63) is 60.2 Å². The first kappa shape index (κ1) is 17.6. The molecule has 1 heterocycles. The van der Waals surface area contributed by atoms with Gasteiger partial charge >= 0.3 is 0 Å².